The highest BCUT2D eigenvalue weighted by molar-refractivity contribution is 6.17. The average Bonchev–Trinajstić information content (AvgIpc) is 2.16. The molecule has 0 fully saturated rings. The maximum atomic E-state index is 5.65. The van der Waals surface area contributed by atoms with E-state index in [1.165, 1.54) is 0 Å². The van der Waals surface area contributed by atoms with Crippen LogP contribution in [0.5, 0.6) is 11.8 Å². The highest BCUT2D eigenvalue weighted by Gasteiger charge is 2.01. The van der Waals surface area contributed by atoms with Crippen LogP contribution in [0.3, 0.4) is 0 Å². The van der Waals surface area contributed by atoms with E-state index < -0.39 is 0 Å². The predicted molar refractivity (Wildman–Crippen MR) is 46.9 cm³/mol. The van der Waals surface area contributed by atoms with Crippen molar-refractivity contribution >= 4 is 11.6 Å². The first-order valence-electron chi connectivity index (χ1n) is 3.45. The van der Waals surface area contributed by atoms with Gasteiger partial charge in [-0.25, -0.2) is 0 Å². The summed E-state index contributed by atoms with van der Waals surface area (Å²) >= 11 is 5.65. The van der Waals surface area contributed by atoms with Gasteiger partial charge in [0.15, 0.2) is 0 Å². The summed E-state index contributed by atoms with van der Waals surface area (Å²) in [5.41, 5.74) is 0.931. The molecule has 0 aromatic carbocycles. The Morgan fingerprint density at radius 2 is 1.75 bits per heavy atom. The molecule has 0 N–H and O–H groups in total. The molecule has 1 rings (SSSR count). The minimum atomic E-state index is 0.426. The molecule has 0 aliphatic heterocycles. The van der Waals surface area contributed by atoms with Crippen LogP contribution in [0.15, 0.2) is 12.1 Å². The number of halogens is 1. The van der Waals surface area contributed by atoms with Gasteiger partial charge in [-0.1, -0.05) is 0 Å². The molecule has 1 heterocycles. The molecule has 0 saturated heterocycles. The lowest BCUT2D eigenvalue weighted by Crippen LogP contribution is -1.93. The van der Waals surface area contributed by atoms with Crippen LogP contribution in [0.25, 0.3) is 0 Å². The average molecular weight is 188 g/mol. The minimum absolute atomic E-state index is 0.426. The first kappa shape index (κ1) is 9.13. The Balaban J connectivity index is 3.01. The Morgan fingerprint density at radius 3 is 2.08 bits per heavy atom. The number of rotatable bonds is 3. The number of aromatic nitrogens is 1. The molecule has 0 saturated carbocycles. The largest absolute Gasteiger partial charge is 0.481 e. The van der Waals surface area contributed by atoms with Gasteiger partial charge < -0.3 is 9.47 Å². The van der Waals surface area contributed by atoms with Gasteiger partial charge in [0.05, 0.1) is 14.2 Å². The van der Waals surface area contributed by atoms with Crippen molar-refractivity contribution in [2.24, 2.45) is 0 Å². The van der Waals surface area contributed by atoms with E-state index in [4.69, 9.17) is 21.1 Å². The molecular formula is C8H10ClNO2. The lowest BCUT2D eigenvalue weighted by atomic mass is 10.3. The van der Waals surface area contributed by atoms with Gasteiger partial charge in [0.2, 0.25) is 11.8 Å². The molecule has 0 atom stereocenters. The highest BCUT2D eigenvalue weighted by Crippen LogP contribution is 2.18. The quantitative estimate of drug-likeness (QED) is 0.677. The fraction of sp³-hybridized carbons (Fsp3) is 0.375. The van der Waals surface area contributed by atoms with Gasteiger partial charge in [-0.2, -0.15) is 4.98 Å². The number of hydrogen-bond acceptors (Lipinski definition) is 3. The summed E-state index contributed by atoms with van der Waals surface area (Å²) in [6, 6.07) is 3.55. The lowest BCUT2D eigenvalue weighted by molar-refractivity contribution is 0.364. The molecule has 3 nitrogen and oxygen atoms in total. The number of nitrogens with zero attached hydrogens (tertiary/aromatic N) is 1. The van der Waals surface area contributed by atoms with Gasteiger partial charge in [0.1, 0.15) is 0 Å². The van der Waals surface area contributed by atoms with E-state index in [1.54, 1.807) is 26.4 Å². The van der Waals surface area contributed by atoms with Crippen LogP contribution in [0.1, 0.15) is 5.56 Å². The molecule has 0 aliphatic rings. The molecule has 0 amide bonds. The predicted octanol–water partition coefficient (Wildman–Crippen LogP) is 1.84. The van der Waals surface area contributed by atoms with Crippen molar-refractivity contribution in [2.75, 3.05) is 14.2 Å². The van der Waals surface area contributed by atoms with Crippen LogP contribution < -0.4 is 9.47 Å². The number of pyridine rings is 1. The fourth-order valence-corrected chi connectivity index (χ4v) is 0.973. The second-order valence-corrected chi connectivity index (χ2v) is 2.46. The van der Waals surface area contributed by atoms with Crippen molar-refractivity contribution in [3.8, 4) is 11.8 Å². The Morgan fingerprint density at radius 1 is 1.25 bits per heavy atom. The molecular weight excluding hydrogens is 178 g/mol. The molecule has 12 heavy (non-hydrogen) atoms. The lowest BCUT2D eigenvalue weighted by Gasteiger charge is -2.04. The van der Waals surface area contributed by atoms with E-state index in [1.807, 2.05) is 0 Å². The molecule has 1 aromatic rings. The Labute approximate surface area is 76.3 Å². The summed E-state index contributed by atoms with van der Waals surface area (Å²) in [6.45, 7) is 0. The molecule has 66 valence electrons. The van der Waals surface area contributed by atoms with Crippen molar-refractivity contribution in [1.82, 2.24) is 4.98 Å². The van der Waals surface area contributed by atoms with Crippen LogP contribution in [-0.2, 0) is 5.88 Å². The first-order valence-corrected chi connectivity index (χ1v) is 3.98. The summed E-state index contributed by atoms with van der Waals surface area (Å²) < 4.78 is 9.90. The van der Waals surface area contributed by atoms with E-state index in [0.29, 0.717) is 17.6 Å². The molecule has 1 aromatic heterocycles. The van der Waals surface area contributed by atoms with E-state index in [2.05, 4.69) is 4.98 Å². The molecule has 0 spiro atoms. The maximum Gasteiger partial charge on any atom is 0.216 e. The van der Waals surface area contributed by atoms with E-state index in [-0.39, 0.29) is 0 Å². The molecule has 0 radical (unpaired) electrons. The van der Waals surface area contributed by atoms with E-state index in [0.717, 1.165) is 5.56 Å². The molecule has 0 unspecified atom stereocenters. The van der Waals surface area contributed by atoms with Crippen molar-refractivity contribution in [3.63, 3.8) is 0 Å². The van der Waals surface area contributed by atoms with Gasteiger partial charge in [0.25, 0.3) is 0 Å². The maximum absolute atomic E-state index is 5.65. The van der Waals surface area contributed by atoms with Crippen molar-refractivity contribution in [3.05, 3.63) is 17.7 Å². The number of ether oxygens (including phenoxy) is 2. The number of methoxy groups -OCH3 is 2. The topological polar surface area (TPSA) is 31.4 Å². The zero-order chi connectivity index (χ0) is 8.97. The van der Waals surface area contributed by atoms with E-state index in [9.17, 15) is 0 Å². The van der Waals surface area contributed by atoms with E-state index >= 15 is 0 Å². The van der Waals surface area contributed by atoms with Gasteiger partial charge in [-0.15, -0.1) is 11.6 Å². The van der Waals surface area contributed by atoms with Gasteiger partial charge >= 0.3 is 0 Å². The smallest absolute Gasteiger partial charge is 0.216 e. The standard InChI is InChI=1S/C8H10ClNO2/c1-11-7-3-6(5-9)4-8(10-7)12-2/h3-4H,5H2,1-2H3. The van der Waals surface area contributed by atoms with Crippen LogP contribution in [0, 0.1) is 0 Å². The third-order valence-electron chi connectivity index (χ3n) is 1.41. The third kappa shape index (κ3) is 2.01. The third-order valence-corrected chi connectivity index (χ3v) is 1.72. The van der Waals surface area contributed by atoms with Gasteiger partial charge in [0, 0.05) is 18.0 Å². The number of alkyl halides is 1. The minimum Gasteiger partial charge on any atom is -0.481 e. The summed E-state index contributed by atoms with van der Waals surface area (Å²) in [5, 5.41) is 0. The Bertz CT molecular complexity index is 210. The highest BCUT2D eigenvalue weighted by atomic mass is 35.5. The van der Waals surface area contributed by atoms with Crippen molar-refractivity contribution in [2.45, 2.75) is 5.88 Å². The SMILES string of the molecule is COc1cc(CCl)cc(OC)n1. The summed E-state index contributed by atoms with van der Waals surface area (Å²) in [5.74, 6) is 1.46. The van der Waals surface area contributed by atoms with Crippen LogP contribution in [0.2, 0.25) is 0 Å². The summed E-state index contributed by atoms with van der Waals surface area (Å²) in [7, 11) is 3.11. The van der Waals surface area contributed by atoms with Crippen LogP contribution >= 0.6 is 11.6 Å². The van der Waals surface area contributed by atoms with Crippen LogP contribution in [0.4, 0.5) is 0 Å². The second kappa shape index (κ2) is 4.16. The zero-order valence-corrected chi connectivity index (χ0v) is 7.76. The number of hydrogen-bond donors (Lipinski definition) is 0. The fourth-order valence-electron chi connectivity index (χ4n) is 0.818. The molecule has 0 aliphatic carbocycles. The first-order chi connectivity index (χ1) is 5.80. The second-order valence-electron chi connectivity index (χ2n) is 2.19. The molecule has 4 heteroatoms. The summed E-state index contributed by atoms with van der Waals surface area (Å²) in [6.07, 6.45) is 0. The monoisotopic (exact) mass is 187 g/mol. The Kier molecular flexibility index (Phi) is 3.17. The van der Waals surface area contributed by atoms with Gasteiger partial charge in [-0.3, -0.25) is 0 Å². The van der Waals surface area contributed by atoms with Gasteiger partial charge in [-0.05, 0) is 5.56 Å². The van der Waals surface area contributed by atoms with Crippen LogP contribution in [-0.4, -0.2) is 19.2 Å². The Hall–Kier alpha value is -0.960. The van der Waals surface area contributed by atoms with Crippen molar-refractivity contribution in [1.29, 1.82) is 0 Å². The summed E-state index contributed by atoms with van der Waals surface area (Å²) in [4.78, 5) is 4.02. The molecule has 0 bridgehead atoms. The van der Waals surface area contributed by atoms with Crippen molar-refractivity contribution < 1.29 is 9.47 Å². The zero-order valence-electron chi connectivity index (χ0n) is 7.00. The normalized spacial score (nSPS) is 9.58.